The first-order chi connectivity index (χ1) is 13.2. The first-order valence-corrected chi connectivity index (χ1v) is 9.72. The van der Waals surface area contributed by atoms with Gasteiger partial charge in [-0.05, 0) is 23.1 Å². The van der Waals surface area contributed by atoms with Gasteiger partial charge in [0.05, 0.1) is 13.0 Å². The van der Waals surface area contributed by atoms with Crippen molar-refractivity contribution in [2.45, 2.75) is 13.0 Å². The molecule has 140 valence electrons. The Morgan fingerprint density at radius 2 is 2.00 bits per heavy atom. The Bertz CT molecular complexity index is 904. The van der Waals surface area contributed by atoms with E-state index < -0.39 is 0 Å². The van der Waals surface area contributed by atoms with Crippen LogP contribution in [0.3, 0.4) is 0 Å². The van der Waals surface area contributed by atoms with E-state index >= 15 is 0 Å². The predicted molar refractivity (Wildman–Crippen MR) is 99.6 cm³/mol. The lowest BCUT2D eigenvalue weighted by atomic mass is 10.1. The van der Waals surface area contributed by atoms with Gasteiger partial charge in [-0.15, -0.1) is 0 Å². The molecule has 2 aromatic heterocycles. The van der Waals surface area contributed by atoms with Gasteiger partial charge in [-0.2, -0.15) is 16.3 Å². The van der Waals surface area contributed by atoms with Crippen molar-refractivity contribution < 1.29 is 13.7 Å². The number of piperazine rings is 1. The third kappa shape index (κ3) is 4.23. The van der Waals surface area contributed by atoms with Gasteiger partial charge < -0.3 is 9.42 Å². The van der Waals surface area contributed by atoms with Crippen LogP contribution in [0, 0.1) is 5.82 Å². The monoisotopic (exact) mass is 386 g/mol. The van der Waals surface area contributed by atoms with Crippen LogP contribution >= 0.6 is 11.3 Å². The summed E-state index contributed by atoms with van der Waals surface area (Å²) in [4.78, 5) is 20.8. The molecule has 1 aliphatic heterocycles. The van der Waals surface area contributed by atoms with E-state index in [-0.39, 0.29) is 18.1 Å². The van der Waals surface area contributed by atoms with Crippen LogP contribution < -0.4 is 0 Å². The Kier molecular flexibility index (Phi) is 5.26. The summed E-state index contributed by atoms with van der Waals surface area (Å²) in [7, 11) is 0. The van der Waals surface area contributed by atoms with Crippen molar-refractivity contribution in [3.05, 3.63) is 58.4 Å². The highest BCUT2D eigenvalue weighted by atomic mass is 32.1. The fourth-order valence-electron chi connectivity index (χ4n) is 3.09. The molecule has 0 atom stereocenters. The molecule has 0 saturated carbocycles. The van der Waals surface area contributed by atoms with E-state index in [4.69, 9.17) is 4.52 Å². The van der Waals surface area contributed by atoms with E-state index in [1.165, 1.54) is 6.07 Å². The second kappa shape index (κ2) is 7.98. The number of carbonyl (C=O) groups is 1. The topological polar surface area (TPSA) is 62.5 Å². The standard InChI is InChI=1S/C19H19FN4O2S/c20-16-4-2-1-3-14(16)11-18(25)24-8-6-23(7-9-24)12-17-21-19(22-26-17)15-5-10-27-13-15/h1-5,10,13H,6-9,11-12H2. The lowest BCUT2D eigenvalue weighted by molar-refractivity contribution is -0.132. The van der Waals surface area contributed by atoms with E-state index in [1.807, 2.05) is 16.8 Å². The Hall–Kier alpha value is -2.58. The molecule has 27 heavy (non-hydrogen) atoms. The van der Waals surface area contributed by atoms with Crippen molar-refractivity contribution in [1.82, 2.24) is 19.9 Å². The summed E-state index contributed by atoms with van der Waals surface area (Å²) in [5.41, 5.74) is 1.40. The minimum Gasteiger partial charge on any atom is -0.340 e. The van der Waals surface area contributed by atoms with Crippen LogP contribution in [0.25, 0.3) is 11.4 Å². The molecule has 4 rings (SSSR count). The van der Waals surface area contributed by atoms with Crippen LogP contribution in [0.4, 0.5) is 4.39 Å². The number of thiophene rings is 1. The van der Waals surface area contributed by atoms with E-state index in [2.05, 4.69) is 15.0 Å². The summed E-state index contributed by atoms with van der Waals surface area (Å²) in [5.74, 6) is 0.798. The summed E-state index contributed by atoms with van der Waals surface area (Å²) < 4.78 is 19.1. The third-order valence-corrected chi connectivity index (χ3v) is 5.31. The molecule has 1 fully saturated rings. The fraction of sp³-hybridized carbons (Fsp3) is 0.316. The Morgan fingerprint density at radius 1 is 1.19 bits per heavy atom. The van der Waals surface area contributed by atoms with Gasteiger partial charge in [-0.25, -0.2) is 4.39 Å². The molecule has 1 aromatic carbocycles. The van der Waals surface area contributed by atoms with Crippen LogP contribution in [0.1, 0.15) is 11.5 Å². The molecular weight excluding hydrogens is 367 g/mol. The Morgan fingerprint density at radius 3 is 2.74 bits per heavy atom. The van der Waals surface area contributed by atoms with Crippen molar-refractivity contribution in [3.63, 3.8) is 0 Å². The van der Waals surface area contributed by atoms with E-state index in [9.17, 15) is 9.18 Å². The zero-order valence-electron chi connectivity index (χ0n) is 14.7. The van der Waals surface area contributed by atoms with Gasteiger partial charge in [-0.1, -0.05) is 23.4 Å². The van der Waals surface area contributed by atoms with Crippen LogP contribution in [-0.4, -0.2) is 52.0 Å². The molecule has 0 aliphatic carbocycles. The molecule has 0 bridgehead atoms. The zero-order valence-corrected chi connectivity index (χ0v) is 15.5. The number of carbonyl (C=O) groups excluding carboxylic acids is 1. The molecule has 3 heterocycles. The first-order valence-electron chi connectivity index (χ1n) is 8.78. The number of nitrogens with zero attached hydrogens (tertiary/aromatic N) is 4. The summed E-state index contributed by atoms with van der Waals surface area (Å²) in [6.07, 6.45) is 0.0976. The van der Waals surface area contributed by atoms with Gasteiger partial charge in [0.1, 0.15) is 5.82 Å². The average molecular weight is 386 g/mol. The average Bonchev–Trinajstić information content (AvgIpc) is 3.36. The van der Waals surface area contributed by atoms with Crippen LogP contribution in [0.15, 0.2) is 45.6 Å². The van der Waals surface area contributed by atoms with Crippen molar-refractivity contribution in [1.29, 1.82) is 0 Å². The highest BCUT2D eigenvalue weighted by Crippen LogP contribution is 2.19. The number of hydrogen-bond donors (Lipinski definition) is 0. The SMILES string of the molecule is O=C(Cc1ccccc1F)N1CCN(Cc2nc(-c3ccsc3)no2)CC1. The van der Waals surface area contributed by atoms with E-state index in [1.54, 1.807) is 34.4 Å². The number of halogens is 1. The lowest BCUT2D eigenvalue weighted by Gasteiger charge is -2.34. The highest BCUT2D eigenvalue weighted by molar-refractivity contribution is 7.08. The van der Waals surface area contributed by atoms with Crippen molar-refractivity contribution in [3.8, 4) is 11.4 Å². The van der Waals surface area contributed by atoms with E-state index in [0.29, 0.717) is 36.9 Å². The van der Waals surface area contributed by atoms with Crippen molar-refractivity contribution >= 4 is 17.2 Å². The van der Waals surface area contributed by atoms with Gasteiger partial charge in [0.15, 0.2) is 0 Å². The van der Waals surface area contributed by atoms with Crippen LogP contribution in [-0.2, 0) is 17.8 Å². The second-order valence-corrected chi connectivity index (χ2v) is 7.23. The summed E-state index contributed by atoms with van der Waals surface area (Å²) in [5, 5.41) is 7.97. The van der Waals surface area contributed by atoms with Gasteiger partial charge in [0.25, 0.3) is 0 Å². The molecule has 6 nitrogen and oxygen atoms in total. The summed E-state index contributed by atoms with van der Waals surface area (Å²) >= 11 is 1.59. The minimum atomic E-state index is -0.331. The first kappa shape index (κ1) is 17.8. The third-order valence-electron chi connectivity index (χ3n) is 4.63. The molecule has 1 saturated heterocycles. The number of aromatic nitrogens is 2. The fourth-order valence-corrected chi connectivity index (χ4v) is 3.73. The Labute approximate surface area is 160 Å². The summed E-state index contributed by atoms with van der Waals surface area (Å²) in [6.45, 7) is 3.22. The van der Waals surface area contributed by atoms with E-state index in [0.717, 1.165) is 18.7 Å². The number of hydrogen-bond acceptors (Lipinski definition) is 6. The predicted octanol–water partition coefficient (Wildman–Crippen LogP) is 2.82. The molecular formula is C19H19FN4O2S. The number of rotatable bonds is 5. The maximum Gasteiger partial charge on any atom is 0.241 e. The van der Waals surface area contributed by atoms with Gasteiger partial charge >= 0.3 is 0 Å². The van der Waals surface area contributed by atoms with Crippen molar-refractivity contribution in [2.24, 2.45) is 0 Å². The smallest absolute Gasteiger partial charge is 0.241 e. The largest absolute Gasteiger partial charge is 0.340 e. The highest BCUT2D eigenvalue weighted by Gasteiger charge is 2.23. The molecule has 1 amide bonds. The number of amides is 1. The second-order valence-electron chi connectivity index (χ2n) is 6.45. The quantitative estimate of drug-likeness (QED) is 0.675. The normalized spacial score (nSPS) is 15.2. The van der Waals surface area contributed by atoms with Crippen LogP contribution in [0.2, 0.25) is 0 Å². The molecule has 3 aromatic rings. The summed E-state index contributed by atoms with van der Waals surface area (Å²) in [6, 6.07) is 8.38. The maximum atomic E-state index is 13.7. The zero-order chi connectivity index (χ0) is 18.6. The Balaban J connectivity index is 1.29. The number of benzene rings is 1. The molecule has 0 radical (unpaired) electrons. The molecule has 1 aliphatic rings. The molecule has 8 heteroatoms. The lowest BCUT2D eigenvalue weighted by Crippen LogP contribution is -2.48. The minimum absolute atomic E-state index is 0.0442. The molecule has 0 spiro atoms. The maximum absolute atomic E-state index is 13.7. The van der Waals surface area contributed by atoms with Gasteiger partial charge in [0.2, 0.25) is 17.6 Å². The van der Waals surface area contributed by atoms with Gasteiger partial charge in [-0.3, -0.25) is 9.69 Å². The molecule has 0 unspecified atom stereocenters. The van der Waals surface area contributed by atoms with Gasteiger partial charge in [0, 0.05) is 37.1 Å². The molecule has 0 N–H and O–H groups in total. The van der Waals surface area contributed by atoms with Crippen LogP contribution in [0.5, 0.6) is 0 Å². The van der Waals surface area contributed by atoms with Crippen molar-refractivity contribution in [2.75, 3.05) is 26.2 Å².